The fourth-order valence-corrected chi connectivity index (χ4v) is 2.78. The van der Waals surface area contributed by atoms with Crippen molar-refractivity contribution in [1.82, 2.24) is 0 Å². The molecule has 16 heavy (non-hydrogen) atoms. The number of benzene rings is 1. The van der Waals surface area contributed by atoms with Gasteiger partial charge >= 0.3 is 0 Å². The summed E-state index contributed by atoms with van der Waals surface area (Å²) in [5, 5.41) is 0. The molecule has 0 amide bonds. The van der Waals surface area contributed by atoms with Crippen LogP contribution in [0.15, 0.2) is 24.3 Å². The first kappa shape index (κ1) is 11.5. The van der Waals surface area contributed by atoms with E-state index in [1.807, 2.05) is 0 Å². The number of fused-ring (bicyclic) bond motifs is 1. The summed E-state index contributed by atoms with van der Waals surface area (Å²) in [5.74, 6) is 0. The average Bonchev–Trinajstić information content (AvgIpc) is 2.73. The van der Waals surface area contributed by atoms with E-state index in [1.165, 1.54) is 17.7 Å². The summed E-state index contributed by atoms with van der Waals surface area (Å²) in [6, 6.07) is 8.71. The van der Waals surface area contributed by atoms with E-state index in [0.29, 0.717) is 0 Å². The van der Waals surface area contributed by atoms with E-state index in [2.05, 4.69) is 43.0 Å². The lowest BCUT2D eigenvalue weighted by atomic mass is 9.94. The standard InChI is InChI=1S/C14H22N2/c1-3-9-14(2,11-15)16-10-8-12-6-4-5-7-13(12)16/h4-7H,3,8-11,15H2,1-2H3. The SMILES string of the molecule is CCCC(C)(CN)N1CCc2ccccc21. The van der Waals surface area contributed by atoms with Crippen molar-refractivity contribution in [1.29, 1.82) is 0 Å². The highest BCUT2D eigenvalue weighted by molar-refractivity contribution is 5.59. The van der Waals surface area contributed by atoms with Crippen molar-refractivity contribution >= 4 is 5.69 Å². The van der Waals surface area contributed by atoms with Crippen molar-refractivity contribution in [2.75, 3.05) is 18.0 Å². The summed E-state index contributed by atoms with van der Waals surface area (Å²) in [5.41, 5.74) is 8.98. The number of hydrogen-bond donors (Lipinski definition) is 1. The maximum atomic E-state index is 5.99. The van der Waals surface area contributed by atoms with Crippen molar-refractivity contribution in [2.24, 2.45) is 5.73 Å². The van der Waals surface area contributed by atoms with Gasteiger partial charge in [-0.15, -0.1) is 0 Å². The van der Waals surface area contributed by atoms with Crippen LogP contribution in [0.1, 0.15) is 32.3 Å². The summed E-state index contributed by atoms with van der Waals surface area (Å²) in [4.78, 5) is 2.51. The zero-order valence-electron chi connectivity index (χ0n) is 10.4. The lowest BCUT2D eigenvalue weighted by Crippen LogP contribution is -2.51. The Kier molecular flexibility index (Phi) is 3.20. The molecule has 0 bridgehead atoms. The molecule has 88 valence electrons. The number of hydrogen-bond acceptors (Lipinski definition) is 2. The third-order valence-corrected chi connectivity index (χ3v) is 3.77. The van der Waals surface area contributed by atoms with Gasteiger partial charge in [0.1, 0.15) is 0 Å². The minimum absolute atomic E-state index is 0.126. The molecule has 0 saturated carbocycles. The molecule has 0 spiro atoms. The van der Waals surface area contributed by atoms with Crippen LogP contribution in [0.2, 0.25) is 0 Å². The molecule has 1 unspecified atom stereocenters. The molecule has 0 aromatic heterocycles. The van der Waals surface area contributed by atoms with E-state index >= 15 is 0 Å². The lowest BCUT2D eigenvalue weighted by molar-refractivity contribution is 0.403. The molecule has 1 aromatic carbocycles. The second-order valence-electron chi connectivity index (χ2n) is 4.98. The Bertz CT molecular complexity index is 362. The number of anilines is 1. The molecule has 0 radical (unpaired) electrons. The van der Waals surface area contributed by atoms with E-state index in [4.69, 9.17) is 5.73 Å². The Morgan fingerprint density at radius 3 is 2.81 bits per heavy atom. The Morgan fingerprint density at radius 2 is 2.12 bits per heavy atom. The fourth-order valence-electron chi connectivity index (χ4n) is 2.78. The smallest absolute Gasteiger partial charge is 0.0496 e. The van der Waals surface area contributed by atoms with Gasteiger partial charge in [0.2, 0.25) is 0 Å². The maximum absolute atomic E-state index is 5.99. The van der Waals surface area contributed by atoms with Crippen LogP contribution in [0, 0.1) is 0 Å². The van der Waals surface area contributed by atoms with Crippen molar-refractivity contribution in [2.45, 2.75) is 38.6 Å². The molecule has 0 fully saturated rings. The van der Waals surface area contributed by atoms with Crippen molar-refractivity contribution in [3.8, 4) is 0 Å². The molecule has 1 heterocycles. The van der Waals surface area contributed by atoms with Crippen LogP contribution in [0.4, 0.5) is 5.69 Å². The molecule has 2 N–H and O–H groups in total. The molecular weight excluding hydrogens is 196 g/mol. The van der Waals surface area contributed by atoms with Gasteiger partial charge in [-0.3, -0.25) is 0 Å². The molecule has 2 rings (SSSR count). The monoisotopic (exact) mass is 218 g/mol. The predicted molar refractivity (Wildman–Crippen MR) is 69.9 cm³/mol. The summed E-state index contributed by atoms with van der Waals surface area (Å²) < 4.78 is 0. The van der Waals surface area contributed by atoms with E-state index in [1.54, 1.807) is 0 Å². The largest absolute Gasteiger partial charge is 0.364 e. The summed E-state index contributed by atoms with van der Waals surface area (Å²) in [6.07, 6.45) is 3.51. The molecule has 1 atom stereocenters. The fraction of sp³-hybridized carbons (Fsp3) is 0.571. The Labute approximate surface area is 98.4 Å². The van der Waals surface area contributed by atoms with E-state index < -0.39 is 0 Å². The molecule has 1 aliphatic rings. The molecule has 2 heteroatoms. The van der Waals surface area contributed by atoms with Gasteiger partial charge in [0.25, 0.3) is 0 Å². The van der Waals surface area contributed by atoms with Gasteiger partial charge in [-0.2, -0.15) is 0 Å². The first-order valence-electron chi connectivity index (χ1n) is 6.27. The number of para-hydroxylation sites is 1. The zero-order valence-corrected chi connectivity index (χ0v) is 10.4. The van der Waals surface area contributed by atoms with Crippen LogP contribution < -0.4 is 10.6 Å². The van der Waals surface area contributed by atoms with Crippen LogP contribution in [0.5, 0.6) is 0 Å². The Hall–Kier alpha value is -1.02. The topological polar surface area (TPSA) is 29.3 Å². The van der Waals surface area contributed by atoms with Gasteiger partial charge in [0, 0.05) is 24.3 Å². The second-order valence-corrected chi connectivity index (χ2v) is 4.98. The normalized spacial score (nSPS) is 18.3. The summed E-state index contributed by atoms with van der Waals surface area (Å²) in [7, 11) is 0. The minimum Gasteiger partial charge on any atom is -0.364 e. The molecule has 1 aliphatic heterocycles. The summed E-state index contributed by atoms with van der Waals surface area (Å²) in [6.45, 7) is 6.37. The molecule has 1 aromatic rings. The highest BCUT2D eigenvalue weighted by atomic mass is 15.2. The van der Waals surface area contributed by atoms with Gasteiger partial charge in [-0.25, -0.2) is 0 Å². The molecule has 2 nitrogen and oxygen atoms in total. The zero-order chi connectivity index (χ0) is 11.6. The van der Waals surface area contributed by atoms with Gasteiger partial charge in [-0.05, 0) is 31.4 Å². The predicted octanol–water partition coefficient (Wildman–Crippen LogP) is 2.57. The van der Waals surface area contributed by atoms with Crippen molar-refractivity contribution in [3.63, 3.8) is 0 Å². The van der Waals surface area contributed by atoms with Gasteiger partial charge < -0.3 is 10.6 Å². The number of rotatable bonds is 4. The van der Waals surface area contributed by atoms with E-state index in [0.717, 1.165) is 25.9 Å². The van der Waals surface area contributed by atoms with E-state index in [9.17, 15) is 0 Å². The van der Waals surface area contributed by atoms with Crippen LogP contribution in [-0.2, 0) is 6.42 Å². The second kappa shape index (κ2) is 4.46. The van der Waals surface area contributed by atoms with Crippen molar-refractivity contribution < 1.29 is 0 Å². The minimum atomic E-state index is 0.126. The Morgan fingerprint density at radius 1 is 1.38 bits per heavy atom. The first-order chi connectivity index (χ1) is 7.71. The van der Waals surface area contributed by atoms with Crippen LogP contribution >= 0.6 is 0 Å². The molecule has 0 saturated heterocycles. The van der Waals surface area contributed by atoms with Gasteiger partial charge in [0.05, 0.1) is 0 Å². The Balaban J connectivity index is 2.29. The number of nitrogens with two attached hydrogens (primary N) is 1. The first-order valence-corrected chi connectivity index (χ1v) is 6.27. The average molecular weight is 218 g/mol. The van der Waals surface area contributed by atoms with Crippen LogP contribution in [-0.4, -0.2) is 18.6 Å². The number of nitrogens with zero attached hydrogens (tertiary/aromatic N) is 1. The van der Waals surface area contributed by atoms with Gasteiger partial charge in [0.15, 0.2) is 0 Å². The van der Waals surface area contributed by atoms with Crippen LogP contribution in [0.3, 0.4) is 0 Å². The maximum Gasteiger partial charge on any atom is 0.0496 e. The van der Waals surface area contributed by atoms with Crippen LogP contribution in [0.25, 0.3) is 0 Å². The third-order valence-electron chi connectivity index (χ3n) is 3.77. The lowest BCUT2D eigenvalue weighted by Gasteiger charge is -2.40. The summed E-state index contributed by atoms with van der Waals surface area (Å²) >= 11 is 0. The quantitative estimate of drug-likeness (QED) is 0.841. The molecule has 0 aliphatic carbocycles. The molecular formula is C14H22N2. The van der Waals surface area contributed by atoms with E-state index in [-0.39, 0.29) is 5.54 Å². The third kappa shape index (κ3) is 1.82. The highest BCUT2D eigenvalue weighted by Crippen LogP contribution is 2.35. The highest BCUT2D eigenvalue weighted by Gasteiger charge is 2.33. The van der Waals surface area contributed by atoms with Gasteiger partial charge in [-0.1, -0.05) is 31.5 Å². The van der Waals surface area contributed by atoms with Crippen molar-refractivity contribution in [3.05, 3.63) is 29.8 Å².